The van der Waals surface area contributed by atoms with Crippen molar-refractivity contribution in [3.8, 4) is 0 Å². The first-order valence-electron chi connectivity index (χ1n) is 9.15. The second-order valence-electron chi connectivity index (χ2n) is 7.75. The van der Waals surface area contributed by atoms with Crippen molar-refractivity contribution >= 4 is 12.0 Å². The maximum absolute atomic E-state index is 11.0. The first-order chi connectivity index (χ1) is 12.4. The van der Waals surface area contributed by atoms with E-state index in [9.17, 15) is 4.79 Å². The van der Waals surface area contributed by atoms with Crippen molar-refractivity contribution in [2.75, 3.05) is 0 Å². The Morgan fingerprint density at radius 2 is 1.73 bits per heavy atom. The average Bonchev–Trinajstić information content (AvgIpc) is 2.62. The molecule has 2 aromatic carbocycles. The SMILES string of the molecule is CC1=C(Cc2ccccc2)C(C)(C)CC/C1=C/c1ccc(C(=O)O)cc1. The second kappa shape index (κ2) is 7.33. The molecule has 0 amide bonds. The Labute approximate surface area is 155 Å². The molecule has 0 radical (unpaired) electrons. The molecule has 2 aromatic rings. The van der Waals surface area contributed by atoms with E-state index in [1.807, 2.05) is 12.1 Å². The summed E-state index contributed by atoms with van der Waals surface area (Å²) in [5.74, 6) is -0.884. The quantitative estimate of drug-likeness (QED) is 0.721. The zero-order valence-electron chi connectivity index (χ0n) is 15.8. The molecule has 0 fully saturated rings. The zero-order valence-corrected chi connectivity index (χ0v) is 15.8. The molecule has 0 bridgehead atoms. The fourth-order valence-corrected chi connectivity index (χ4v) is 3.76. The minimum atomic E-state index is -0.884. The molecule has 2 heteroatoms. The van der Waals surface area contributed by atoms with Gasteiger partial charge in [0.1, 0.15) is 0 Å². The van der Waals surface area contributed by atoms with Gasteiger partial charge in [0, 0.05) is 0 Å². The van der Waals surface area contributed by atoms with Crippen molar-refractivity contribution in [1.82, 2.24) is 0 Å². The van der Waals surface area contributed by atoms with Gasteiger partial charge in [-0.05, 0) is 66.0 Å². The molecule has 1 N–H and O–H groups in total. The normalized spacial score (nSPS) is 18.2. The molecule has 134 valence electrons. The zero-order chi connectivity index (χ0) is 18.7. The average molecular weight is 346 g/mol. The van der Waals surface area contributed by atoms with Gasteiger partial charge < -0.3 is 5.11 Å². The van der Waals surface area contributed by atoms with Gasteiger partial charge >= 0.3 is 5.97 Å². The Morgan fingerprint density at radius 1 is 1.08 bits per heavy atom. The lowest BCUT2D eigenvalue weighted by Crippen LogP contribution is -2.23. The van der Waals surface area contributed by atoms with Crippen LogP contribution in [-0.4, -0.2) is 11.1 Å². The van der Waals surface area contributed by atoms with Crippen LogP contribution in [0.25, 0.3) is 6.08 Å². The van der Waals surface area contributed by atoms with Crippen molar-refractivity contribution < 1.29 is 9.90 Å². The monoisotopic (exact) mass is 346 g/mol. The van der Waals surface area contributed by atoms with Crippen LogP contribution in [0.15, 0.2) is 71.3 Å². The highest BCUT2D eigenvalue weighted by atomic mass is 16.4. The predicted octanol–water partition coefficient (Wildman–Crippen LogP) is 6.15. The van der Waals surface area contributed by atoms with Crippen LogP contribution < -0.4 is 0 Å². The maximum atomic E-state index is 11.0. The Morgan fingerprint density at radius 3 is 2.35 bits per heavy atom. The molecule has 0 atom stereocenters. The number of hydrogen-bond acceptors (Lipinski definition) is 1. The van der Waals surface area contributed by atoms with Crippen LogP contribution in [-0.2, 0) is 6.42 Å². The standard InChI is InChI=1S/C24H26O2/c1-17-21(15-19-9-11-20(12-10-19)23(25)26)13-14-24(2,3)22(17)16-18-7-5-4-6-8-18/h4-12,15H,13-14,16H2,1-3H3,(H,25,26)/b21-15-. The van der Waals surface area contributed by atoms with Gasteiger partial charge in [0.2, 0.25) is 0 Å². The molecule has 0 saturated heterocycles. The van der Waals surface area contributed by atoms with Gasteiger partial charge in [-0.15, -0.1) is 0 Å². The van der Waals surface area contributed by atoms with Gasteiger partial charge in [0.15, 0.2) is 0 Å². The Kier molecular flexibility index (Phi) is 5.13. The third-order valence-corrected chi connectivity index (χ3v) is 5.49. The van der Waals surface area contributed by atoms with Gasteiger partial charge in [-0.2, -0.15) is 0 Å². The fourth-order valence-electron chi connectivity index (χ4n) is 3.76. The predicted molar refractivity (Wildman–Crippen MR) is 107 cm³/mol. The van der Waals surface area contributed by atoms with Crippen LogP contribution >= 0.6 is 0 Å². The smallest absolute Gasteiger partial charge is 0.335 e. The van der Waals surface area contributed by atoms with E-state index >= 15 is 0 Å². The number of benzene rings is 2. The minimum Gasteiger partial charge on any atom is -0.478 e. The van der Waals surface area contributed by atoms with E-state index in [1.165, 1.54) is 22.3 Å². The van der Waals surface area contributed by atoms with E-state index in [0.29, 0.717) is 5.56 Å². The molecular formula is C24H26O2. The van der Waals surface area contributed by atoms with Gasteiger partial charge in [-0.25, -0.2) is 4.79 Å². The van der Waals surface area contributed by atoms with E-state index in [0.717, 1.165) is 24.8 Å². The van der Waals surface area contributed by atoms with Crippen LogP contribution in [0, 0.1) is 5.41 Å². The minimum absolute atomic E-state index is 0.199. The molecule has 2 nitrogen and oxygen atoms in total. The number of aromatic carboxylic acids is 1. The lowest BCUT2D eigenvalue weighted by molar-refractivity contribution is 0.0697. The number of carboxylic acids is 1. The molecule has 0 aliphatic heterocycles. The van der Waals surface area contributed by atoms with E-state index in [1.54, 1.807) is 12.1 Å². The van der Waals surface area contributed by atoms with Gasteiger partial charge in [-0.3, -0.25) is 0 Å². The third kappa shape index (κ3) is 3.96. The first-order valence-corrected chi connectivity index (χ1v) is 9.15. The first kappa shape index (κ1) is 18.2. The molecule has 0 saturated carbocycles. The highest BCUT2D eigenvalue weighted by Gasteiger charge is 2.30. The summed E-state index contributed by atoms with van der Waals surface area (Å²) >= 11 is 0. The molecule has 26 heavy (non-hydrogen) atoms. The number of allylic oxidation sites excluding steroid dienone is 3. The van der Waals surface area contributed by atoms with Crippen molar-refractivity contribution in [2.45, 2.75) is 40.0 Å². The van der Waals surface area contributed by atoms with Crippen molar-refractivity contribution in [3.63, 3.8) is 0 Å². The van der Waals surface area contributed by atoms with Crippen LogP contribution in [0.5, 0.6) is 0 Å². The molecule has 1 aliphatic carbocycles. The van der Waals surface area contributed by atoms with Gasteiger partial charge in [-0.1, -0.05) is 68.0 Å². The van der Waals surface area contributed by atoms with Gasteiger partial charge in [0.05, 0.1) is 5.56 Å². The molecular weight excluding hydrogens is 320 g/mol. The van der Waals surface area contributed by atoms with E-state index in [-0.39, 0.29) is 5.41 Å². The third-order valence-electron chi connectivity index (χ3n) is 5.49. The summed E-state index contributed by atoms with van der Waals surface area (Å²) in [6.07, 6.45) is 5.37. The Bertz CT molecular complexity index is 853. The summed E-state index contributed by atoms with van der Waals surface area (Å²) < 4.78 is 0. The van der Waals surface area contributed by atoms with Gasteiger partial charge in [0.25, 0.3) is 0 Å². The lowest BCUT2D eigenvalue weighted by atomic mass is 9.69. The molecule has 0 heterocycles. The van der Waals surface area contributed by atoms with Crippen molar-refractivity contribution in [2.24, 2.45) is 5.41 Å². The summed E-state index contributed by atoms with van der Waals surface area (Å²) in [6.45, 7) is 6.91. The van der Waals surface area contributed by atoms with Crippen LogP contribution in [0.1, 0.15) is 55.1 Å². The topological polar surface area (TPSA) is 37.3 Å². The molecule has 0 unspecified atom stereocenters. The summed E-state index contributed by atoms with van der Waals surface area (Å²) in [7, 11) is 0. The Hall–Kier alpha value is -2.61. The number of carboxylic acid groups (broad SMARTS) is 1. The highest BCUT2D eigenvalue weighted by Crippen LogP contribution is 2.44. The largest absolute Gasteiger partial charge is 0.478 e. The molecule has 1 aliphatic rings. The van der Waals surface area contributed by atoms with Crippen molar-refractivity contribution in [3.05, 3.63) is 88.0 Å². The number of rotatable bonds is 4. The summed E-state index contributed by atoms with van der Waals surface area (Å²) in [4.78, 5) is 11.0. The fraction of sp³-hybridized carbons (Fsp3) is 0.292. The number of hydrogen-bond donors (Lipinski definition) is 1. The number of carbonyl (C=O) groups is 1. The van der Waals surface area contributed by atoms with E-state index in [2.05, 4.69) is 57.2 Å². The summed E-state index contributed by atoms with van der Waals surface area (Å²) in [5.41, 5.74) is 7.18. The highest BCUT2D eigenvalue weighted by molar-refractivity contribution is 5.87. The Balaban J connectivity index is 1.94. The molecule has 3 rings (SSSR count). The lowest BCUT2D eigenvalue weighted by Gasteiger charge is -2.36. The van der Waals surface area contributed by atoms with Crippen LogP contribution in [0.2, 0.25) is 0 Å². The summed E-state index contributed by atoms with van der Waals surface area (Å²) in [6, 6.07) is 17.8. The molecule has 0 spiro atoms. The maximum Gasteiger partial charge on any atom is 0.335 e. The van der Waals surface area contributed by atoms with Crippen molar-refractivity contribution in [1.29, 1.82) is 0 Å². The van der Waals surface area contributed by atoms with E-state index in [4.69, 9.17) is 5.11 Å². The summed E-state index contributed by atoms with van der Waals surface area (Å²) in [5, 5.41) is 9.05. The van der Waals surface area contributed by atoms with Crippen LogP contribution in [0.3, 0.4) is 0 Å². The second-order valence-corrected chi connectivity index (χ2v) is 7.75. The van der Waals surface area contributed by atoms with E-state index < -0.39 is 5.97 Å². The molecule has 0 aromatic heterocycles. The van der Waals surface area contributed by atoms with Crippen LogP contribution in [0.4, 0.5) is 0 Å².